The lowest BCUT2D eigenvalue weighted by Gasteiger charge is -2.10. The van der Waals surface area contributed by atoms with Gasteiger partial charge in [-0.05, 0) is 0 Å². The normalized spacial score (nSPS) is 11.3. The van der Waals surface area contributed by atoms with Gasteiger partial charge in [0.15, 0.2) is 0 Å². The van der Waals surface area contributed by atoms with Gasteiger partial charge < -0.3 is 0 Å². The predicted octanol–water partition coefficient (Wildman–Crippen LogP) is 3.20. The summed E-state index contributed by atoms with van der Waals surface area (Å²) in [5, 5.41) is 0. The Balaban J connectivity index is 2.17. The summed E-state index contributed by atoms with van der Waals surface area (Å²) < 4.78 is 31.2. The molecule has 0 aliphatic carbocycles. The Kier molecular flexibility index (Phi) is 4.18. The zero-order valence-corrected chi connectivity index (χ0v) is 12.9. The van der Waals surface area contributed by atoms with Gasteiger partial charge in [-0.1, -0.05) is 60.7 Å². The van der Waals surface area contributed by atoms with Gasteiger partial charge in [0, 0.05) is 11.1 Å². The zero-order valence-electron chi connectivity index (χ0n) is 12.1. The molecule has 6 heteroatoms. The van der Waals surface area contributed by atoms with E-state index in [9.17, 15) is 8.42 Å². The van der Waals surface area contributed by atoms with Crippen LogP contribution in [0.1, 0.15) is 5.69 Å². The largest absolute Gasteiger partial charge is 0.285 e. The molecule has 0 aliphatic rings. The summed E-state index contributed by atoms with van der Waals surface area (Å²) in [5.74, 6) is -0.561. The van der Waals surface area contributed by atoms with Crippen LogP contribution in [0.4, 0.5) is 0 Å². The van der Waals surface area contributed by atoms with Crippen LogP contribution in [0.25, 0.3) is 22.5 Å². The molecule has 1 heterocycles. The molecule has 0 bridgehead atoms. The van der Waals surface area contributed by atoms with E-state index in [1.165, 1.54) is 6.20 Å². The van der Waals surface area contributed by atoms with Gasteiger partial charge in [-0.25, -0.2) is 4.98 Å². The van der Waals surface area contributed by atoms with Crippen LogP contribution in [0.15, 0.2) is 66.9 Å². The third-order valence-electron chi connectivity index (χ3n) is 3.25. The number of hydrogen-bond donors (Lipinski definition) is 1. The minimum Gasteiger partial charge on any atom is -0.285 e. The second kappa shape index (κ2) is 6.28. The topological polar surface area (TPSA) is 80.2 Å². The Hall–Kier alpha value is -2.57. The monoisotopic (exact) mass is 326 g/mol. The van der Waals surface area contributed by atoms with Gasteiger partial charge in [0.25, 0.3) is 10.1 Å². The first-order chi connectivity index (χ1) is 11.0. The lowest BCUT2D eigenvalue weighted by molar-refractivity contribution is 0.481. The highest BCUT2D eigenvalue weighted by Gasteiger charge is 2.15. The minimum atomic E-state index is -4.16. The quantitative estimate of drug-likeness (QED) is 0.745. The highest BCUT2D eigenvalue weighted by atomic mass is 32.2. The van der Waals surface area contributed by atoms with Gasteiger partial charge in [0.2, 0.25) is 0 Å². The highest BCUT2D eigenvalue weighted by Crippen LogP contribution is 2.28. The van der Waals surface area contributed by atoms with Crippen molar-refractivity contribution in [2.75, 3.05) is 0 Å². The van der Waals surface area contributed by atoms with E-state index in [0.717, 1.165) is 11.1 Å². The molecule has 3 rings (SSSR count). The fraction of sp³-hybridized carbons (Fsp3) is 0.0588. The van der Waals surface area contributed by atoms with Crippen LogP contribution in [-0.4, -0.2) is 22.9 Å². The van der Waals surface area contributed by atoms with Crippen molar-refractivity contribution in [3.8, 4) is 22.5 Å². The maximum Gasteiger partial charge on any atom is 0.270 e. The Morgan fingerprint density at radius 2 is 1.35 bits per heavy atom. The molecule has 3 aromatic rings. The van der Waals surface area contributed by atoms with E-state index in [0.29, 0.717) is 11.4 Å². The molecule has 1 N–H and O–H groups in total. The standard InChI is InChI=1S/C17H14N2O3S/c20-23(21,22)12-15-11-18-16(13-7-3-1-4-8-13)17(19-15)14-9-5-2-6-10-14/h1-11H,12H2,(H,20,21,22). The third-order valence-corrected chi connectivity index (χ3v) is 3.91. The molecule has 0 saturated carbocycles. The summed E-state index contributed by atoms with van der Waals surface area (Å²) in [7, 11) is -4.16. The molecule has 116 valence electrons. The van der Waals surface area contributed by atoms with Gasteiger partial charge in [-0.15, -0.1) is 0 Å². The molecular weight excluding hydrogens is 312 g/mol. The van der Waals surface area contributed by atoms with Gasteiger partial charge in [-0.2, -0.15) is 8.42 Å². The van der Waals surface area contributed by atoms with E-state index in [2.05, 4.69) is 9.97 Å². The summed E-state index contributed by atoms with van der Waals surface area (Å²) in [6.07, 6.45) is 1.38. The molecule has 2 aromatic carbocycles. The average Bonchev–Trinajstić information content (AvgIpc) is 2.55. The molecule has 0 atom stereocenters. The van der Waals surface area contributed by atoms with Gasteiger partial charge in [0.05, 0.1) is 23.3 Å². The van der Waals surface area contributed by atoms with Crippen molar-refractivity contribution >= 4 is 10.1 Å². The molecule has 0 radical (unpaired) electrons. The van der Waals surface area contributed by atoms with E-state index >= 15 is 0 Å². The fourth-order valence-electron chi connectivity index (χ4n) is 2.29. The molecule has 0 fully saturated rings. The van der Waals surface area contributed by atoms with Gasteiger partial charge in [-0.3, -0.25) is 9.54 Å². The lowest BCUT2D eigenvalue weighted by atomic mass is 10.0. The second-order valence-corrected chi connectivity index (χ2v) is 6.47. The SMILES string of the molecule is O=S(=O)(O)Cc1cnc(-c2ccccc2)c(-c2ccccc2)n1. The maximum absolute atomic E-state index is 11.1. The van der Waals surface area contributed by atoms with Crippen LogP contribution in [0, 0.1) is 0 Å². The molecule has 0 aliphatic heterocycles. The summed E-state index contributed by atoms with van der Waals surface area (Å²) in [5.41, 5.74) is 3.16. The smallest absolute Gasteiger partial charge is 0.270 e. The number of hydrogen-bond acceptors (Lipinski definition) is 4. The van der Waals surface area contributed by atoms with E-state index in [1.54, 1.807) is 0 Å². The van der Waals surface area contributed by atoms with E-state index < -0.39 is 15.9 Å². The van der Waals surface area contributed by atoms with Crippen LogP contribution < -0.4 is 0 Å². The number of rotatable bonds is 4. The lowest BCUT2D eigenvalue weighted by Crippen LogP contribution is -2.06. The highest BCUT2D eigenvalue weighted by molar-refractivity contribution is 7.85. The van der Waals surface area contributed by atoms with Crippen molar-refractivity contribution in [3.63, 3.8) is 0 Å². The van der Waals surface area contributed by atoms with Crippen molar-refractivity contribution in [2.24, 2.45) is 0 Å². The van der Waals surface area contributed by atoms with Gasteiger partial charge in [0.1, 0.15) is 5.75 Å². The van der Waals surface area contributed by atoms with Crippen molar-refractivity contribution in [1.29, 1.82) is 0 Å². The van der Waals surface area contributed by atoms with Gasteiger partial charge >= 0.3 is 0 Å². The number of nitrogens with zero attached hydrogens (tertiary/aromatic N) is 2. The molecular formula is C17H14N2O3S. The van der Waals surface area contributed by atoms with Crippen LogP contribution in [0.3, 0.4) is 0 Å². The Bertz CT molecular complexity index is 911. The summed E-state index contributed by atoms with van der Waals surface area (Å²) in [4.78, 5) is 8.77. The number of aromatic nitrogens is 2. The summed E-state index contributed by atoms with van der Waals surface area (Å²) in [6.45, 7) is 0. The molecule has 0 saturated heterocycles. The summed E-state index contributed by atoms with van der Waals surface area (Å²) >= 11 is 0. The van der Waals surface area contributed by atoms with Crippen LogP contribution in [0.2, 0.25) is 0 Å². The van der Waals surface area contributed by atoms with Crippen LogP contribution >= 0.6 is 0 Å². The molecule has 23 heavy (non-hydrogen) atoms. The molecule has 0 amide bonds. The van der Waals surface area contributed by atoms with E-state index in [4.69, 9.17) is 4.55 Å². The molecule has 0 unspecified atom stereocenters. The average molecular weight is 326 g/mol. The Morgan fingerprint density at radius 3 is 1.87 bits per heavy atom. The van der Waals surface area contributed by atoms with E-state index in [1.807, 2.05) is 60.7 Å². The fourth-order valence-corrected chi connectivity index (χ4v) is 2.80. The van der Waals surface area contributed by atoms with Crippen molar-refractivity contribution < 1.29 is 13.0 Å². The maximum atomic E-state index is 11.1. The zero-order chi connectivity index (χ0) is 16.3. The first kappa shape index (κ1) is 15.3. The van der Waals surface area contributed by atoms with Crippen molar-refractivity contribution in [3.05, 3.63) is 72.6 Å². The molecule has 1 aromatic heterocycles. The Morgan fingerprint density at radius 1 is 0.826 bits per heavy atom. The third kappa shape index (κ3) is 3.80. The Labute approximate surface area is 134 Å². The van der Waals surface area contributed by atoms with Crippen molar-refractivity contribution in [1.82, 2.24) is 9.97 Å². The number of benzene rings is 2. The van der Waals surface area contributed by atoms with E-state index in [-0.39, 0.29) is 5.69 Å². The first-order valence-electron chi connectivity index (χ1n) is 6.95. The second-order valence-electron chi connectivity index (χ2n) is 5.02. The molecule has 0 spiro atoms. The first-order valence-corrected chi connectivity index (χ1v) is 8.56. The van der Waals surface area contributed by atoms with Crippen LogP contribution in [-0.2, 0) is 15.9 Å². The summed E-state index contributed by atoms with van der Waals surface area (Å²) in [6, 6.07) is 18.9. The van der Waals surface area contributed by atoms with Crippen molar-refractivity contribution in [2.45, 2.75) is 5.75 Å². The van der Waals surface area contributed by atoms with Crippen LogP contribution in [0.5, 0.6) is 0 Å². The minimum absolute atomic E-state index is 0.200. The molecule has 5 nitrogen and oxygen atoms in total. The predicted molar refractivity (Wildman–Crippen MR) is 88.2 cm³/mol.